The normalized spacial score (nSPS) is 11.5. The maximum absolute atomic E-state index is 13.5. The molecule has 2 aromatic rings. The van der Waals surface area contributed by atoms with Crippen LogP contribution in [0.4, 0.5) is 32.0 Å². The highest BCUT2D eigenvalue weighted by molar-refractivity contribution is 7.92. The number of benzene rings is 2. The van der Waals surface area contributed by atoms with Crippen molar-refractivity contribution in [3.05, 3.63) is 59.2 Å². The summed E-state index contributed by atoms with van der Waals surface area (Å²) in [6.07, 6.45) is 0. The second-order valence-corrected chi connectivity index (χ2v) is 5.60. The zero-order valence-electron chi connectivity index (χ0n) is 10.3. The third kappa shape index (κ3) is 2.61. The molecule has 0 saturated heterocycles. The van der Waals surface area contributed by atoms with Crippen molar-refractivity contribution in [2.45, 2.75) is 4.90 Å². The van der Waals surface area contributed by atoms with E-state index in [9.17, 15) is 34.8 Å². The Labute approximate surface area is 120 Å². The van der Waals surface area contributed by atoms with Crippen LogP contribution in [-0.4, -0.2) is 8.42 Å². The van der Waals surface area contributed by atoms with Crippen LogP contribution >= 0.6 is 0 Å². The topological polar surface area (TPSA) is 46.2 Å². The smallest absolute Gasteiger partial charge is 0.268 e. The summed E-state index contributed by atoms with van der Waals surface area (Å²) in [7, 11) is -5.25. The molecule has 2 aromatic carbocycles. The van der Waals surface area contributed by atoms with Crippen LogP contribution in [0.15, 0.2) is 29.2 Å². The zero-order valence-corrected chi connectivity index (χ0v) is 11.1. The molecule has 22 heavy (non-hydrogen) atoms. The number of hydrogen-bond donors (Lipinski definition) is 1. The molecule has 0 aliphatic carbocycles. The molecular weight excluding hydrogens is 336 g/mol. The molecule has 0 fully saturated rings. The van der Waals surface area contributed by atoms with E-state index in [0.717, 1.165) is 12.1 Å². The van der Waals surface area contributed by atoms with Crippen molar-refractivity contribution in [1.82, 2.24) is 0 Å². The van der Waals surface area contributed by atoms with E-state index in [-0.39, 0.29) is 0 Å². The average molecular weight is 341 g/mol. The second kappa shape index (κ2) is 5.52. The van der Waals surface area contributed by atoms with Crippen LogP contribution in [0.3, 0.4) is 0 Å². The lowest BCUT2D eigenvalue weighted by atomic mass is 10.3. The minimum Gasteiger partial charge on any atom is -0.276 e. The largest absolute Gasteiger partial charge is 0.276 e. The number of anilines is 1. The van der Waals surface area contributed by atoms with Crippen molar-refractivity contribution in [3.8, 4) is 0 Å². The van der Waals surface area contributed by atoms with Gasteiger partial charge in [0.25, 0.3) is 10.0 Å². The first kappa shape index (κ1) is 16.1. The standard InChI is InChI=1S/C12H5F6NO2S/c13-5-3-1-2-4-6(5)19-22(20,21)12-10(17)8(15)7(14)9(16)11(12)18/h1-4,19H. The number of nitrogens with one attached hydrogen (secondary N) is 1. The highest BCUT2D eigenvalue weighted by Crippen LogP contribution is 2.28. The molecule has 0 heterocycles. The fourth-order valence-corrected chi connectivity index (χ4v) is 2.77. The Balaban J connectivity index is 2.63. The van der Waals surface area contributed by atoms with Gasteiger partial charge < -0.3 is 0 Å². The monoisotopic (exact) mass is 341 g/mol. The van der Waals surface area contributed by atoms with Gasteiger partial charge in [-0.05, 0) is 12.1 Å². The maximum Gasteiger partial charge on any atom is 0.268 e. The van der Waals surface area contributed by atoms with Crippen LogP contribution in [0.1, 0.15) is 0 Å². The van der Waals surface area contributed by atoms with E-state index >= 15 is 0 Å². The fraction of sp³-hybridized carbons (Fsp3) is 0. The summed E-state index contributed by atoms with van der Waals surface area (Å²) in [5.41, 5.74) is -0.716. The summed E-state index contributed by atoms with van der Waals surface area (Å²) in [4.78, 5) is -2.09. The molecule has 0 aliphatic heterocycles. The van der Waals surface area contributed by atoms with Gasteiger partial charge in [-0.3, -0.25) is 4.72 Å². The quantitative estimate of drug-likeness (QED) is 0.529. The van der Waals surface area contributed by atoms with Crippen molar-refractivity contribution >= 4 is 15.7 Å². The average Bonchev–Trinajstić information content (AvgIpc) is 2.45. The van der Waals surface area contributed by atoms with Crippen molar-refractivity contribution in [1.29, 1.82) is 0 Å². The Hall–Kier alpha value is -2.23. The Kier molecular flexibility index (Phi) is 4.05. The molecule has 0 aromatic heterocycles. The first-order valence-corrected chi connectivity index (χ1v) is 6.94. The number of rotatable bonds is 3. The Morgan fingerprint density at radius 3 is 1.68 bits per heavy atom. The molecule has 0 bridgehead atoms. The van der Waals surface area contributed by atoms with Gasteiger partial charge in [0.05, 0.1) is 5.69 Å². The Morgan fingerprint density at radius 1 is 0.727 bits per heavy atom. The van der Waals surface area contributed by atoms with Gasteiger partial charge in [0.1, 0.15) is 5.82 Å². The zero-order chi connectivity index (χ0) is 16.7. The van der Waals surface area contributed by atoms with Gasteiger partial charge in [-0.15, -0.1) is 0 Å². The van der Waals surface area contributed by atoms with E-state index in [1.807, 2.05) is 0 Å². The molecule has 0 radical (unpaired) electrons. The van der Waals surface area contributed by atoms with Gasteiger partial charge in [0.15, 0.2) is 28.2 Å². The lowest BCUT2D eigenvalue weighted by Gasteiger charge is -2.11. The van der Waals surface area contributed by atoms with E-state index in [1.54, 1.807) is 0 Å². The lowest BCUT2D eigenvalue weighted by Crippen LogP contribution is -2.20. The van der Waals surface area contributed by atoms with Gasteiger partial charge >= 0.3 is 0 Å². The van der Waals surface area contributed by atoms with E-state index in [1.165, 1.54) is 16.9 Å². The van der Waals surface area contributed by atoms with Crippen LogP contribution in [0.5, 0.6) is 0 Å². The van der Waals surface area contributed by atoms with Gasteiger partial charge in [0, 0.05) is 0 Å². The van der Waals surface area contributed by atoms with Crippen molar-refractivity contribution in [3.63, 3.8) is 0 Å². The van der Waals surface area contributed by atoms with Crippen LogP contribution in [0.2, 0.25) is 0 Å². The molecule has 0 spiro atoms. The molecule has 10 heteroatoms. The molecule has 0 saturated carbocycles. The Morgan fingerprint density at radius 2 is 1.18 bits per heavy atom. The molecule has 0 unspecified atom stereocenters. The molecule has 1 N–H and O–H groups in total. The van der Waals surface area contributed by atoms with E-state index in [0.29, 0.717) is 0 Å². The molecular formula is C12H5F6NO2S. The molecule has 3 nitrogen and oxygen atoms in total. The summed E-state index contributed by atoms with van der Waals surface area (Å²) in [6.45, 7) is 0. The third-order valence-electron chi connectivity index (χ3n) is 2.56. The SMILES string of the molecule is O=S(=O)(Nc1ccccc1F)c1c(F)c(F)c(F)c(F)c1F. The molecule has 0 aliphatic rings. The predicted molar refractivity (Wildman–Crippen MR) is 63.4 cm³/mol. The second-order valence-electron chi connectivity index (χ2n) is 3.98. The van der Waals surface area contributed by atoms with Gasteiger partial charge in [-0.25, -0.2) is 34.8 Å². The number of halogens is 6. The number of sulfonamides is 1. The van der Waals surface area contributed by atoms with Crippen LogP contribution < -0.4 is 4.72 Å². The highest BCUT2D eigenvalue weighted by Gasteiger charge is 2.33. The van der Waals surface area contributed by atoms with Crippen LogP contribution in [-0.2, 0) is 10.0 Å². The number of hydrogen-bond acceptors (Lipinski definition) is 2. The third-order valence-corrected chi connectivity index (χ3v) is 3.94. The summed E-state index contributed by atoms with van der Waals surface area (Å²) < 4.78 is 104. The minimum atomic E-state index is -5.25. The maximum atomic E-state index is 13.5. The summed E-state index contributed by atoms with van der Waals surface area (Å²) >= 11 is 0. The lowest BCUT2D eigenvalue weighted by molar-refractivity contribution is 0.358. The van der Waals surface area contributed by atoms with E-state index in [4.69, 9.17) is 0 Å². The minimum absolute atomic E-state index is 0.716. The predicted octanol–water partition coefficient (Wildman–Crippen LogP) is 3.32. The first-order chi connectivity index (χ1) is 10.2. The van der Waals surface area contributed by atoms with Crippen LogP contribution in [0.25, 0.3) is 0 Å². The van der Waals surface area contributed by atoms with Gasteiger partial charge in [0.2, 0.25) is 5.82 Å². The van der Waals surface area contributed by atoms with Gasteiger partial charge in [-0.1, -0.05) is 12.1 Å². The van der Waals surface area contributed by atoms with Crippen molar-refractivity contribution in [2.75, 3.05) is 4.72 Å². The summed E-state index contributed by atoms with van der Waals surface area (Å²) in [5.74, 6) is -13.5. The van der Waals surface area contributed by atoms with E-state index in [2.05, 4.69) is 0 Å². The van der Waals surface area contributed by atoms with Crippen LogP contribution in [0, 0.1) is 34.9 Å². The number of para-hydroxylation sites is 1. The van der Waals surface area contributed by atoms with Crippen molar-refractivity contribution in [2.24, 2.45) is 0 Å². The Bertz CT molecular complexity index is 824. The highest BCUT2D eigenvalue weighted by atomic mass is 32.2. The molecule has 2 rings (SSSR count). The van der Waals surface area contributed by atoms with E-state index < -0.39 is 55.5 Å². The molecule has 0 atom stereocenters. The first-order valence-electron chi connectivity index (χ1n) is 5.45. The van der Waals surface area contributed by atoms with Crippen molar-refractivity contribution < 1.29 is 34.8 Å². The summed E-state index contributed by atoms with van der Waals surface area (Å²) in [6, 6.07) is 4.13. The molecule has 118 valence electrons. The van der Waals surface area contributed by atoms with Gasteiger partial charge in [-0.2, -0.15) is 0 Å². The summed E-state index contributed by atoms with van der Waals surface area (Å²) in [5, 5.41) is 0. The molecule has 0 amide bonds. The fourth-order valence-electron chi connectivity index (χ4n) is 1.56.